The third kappa shape index (κ3) is 4.51. The molecule has 180 valence electrons. The Morgan fingerprint density at radius 3 is 2.09 bits per heavy atom. The highest BCUT2D eigenvalue weighted by Gasteiger charge is 2.47. The molecule has 0 aromatic heterocycles. The number of halogens is 2. The number of benzene rings is 3. The molecule has 1 aliphatic rings. The van der Waals surface area contributed by atoms with E-state index >= 15 is 0 Å². The first-order valence-corrected chi connectivity index (χ1v) is 12.4. The zero-order valence-electron chi connectivity index (χ0n) is 18.1. The third-order valence-corrected chi connectivity index (χ3v) is 6.97. The molecule has 1 amide bonds. The molecule has 35 heavy (non-hydrogen) atoms. The van der Waals surface area contributed by atoms with Gasteiger partial charge in [0, 0.05) is 11.3 Å². The highest BCUT2D eigenvalue weighted by Crippen LogP contribution is 2.43. The van der Waals surface area contributed by atoms with Crippen molar-refractivity contribution in [2.75, 3.05) is 12.0 Å². The molecule has 1 fully saturated rings. The number of carbonyl (C=O) groups is 2. The summed E-state index contributed by atoms with van der Waals surface area (Å²) >= 11 is 12.4. The van der Waals surface area contributed by atoms with Gasteiger partial charge in [-0.3, -0.25) is 14.5 Å². The van der Waals surface area contributed by atoms with Gasteiger partial charge < -0.3 is 9.84 Å². The first kappa shape index (κ1) is 24.7. The fraction of sp³-hybridized carbons (Fsp3) is 0.0833. The maximum Gasteiger partial charge on any atom is 0.300 e. The van der Waals surface area contributed by atoms with Gasteiger partial charge in [-0.25, -0.2) is 13.6 Å². The van der Waals surface area contributed by atoms with Crippen LogP contribution in [0.4, 0.5) is 5.69 Å². The van der Waals surface area contributed by atoms with Crippen molar-refractivity contribution < 1.29 is 27.9 Å². The molecule has 0 aliphatic carbocycles. The largest absolute Gasteiger partial charge is 0.507 e. The van der Waals surface area contributed by atoms with Crippen LogP contribution < -0.4 is 14.8 Å². The lowest BCUT2D eigenvalue weighted by Crippen LogP contribution is -2.29. The van der Waals surface area contributed by atoms with Gasteiger partial charge in [-0.1, -0.05) is 53.5 Å². The van der Waals surface area contributed by atoms with Gasteiger partial charge >= 0.3 is 0 Å². The van der Waals surface area contributed by atoms with Crippen molar-refractivity contribution in [1.82, 2.24) is 0 Å². The van der Waals surface area contributed by atoms with Gasteiger partial charge in [0.1, 0.15) is 5.76 Å². The van der Waals surface area contributed by atoms with Crippen LogP contribution in [0, 0.1) is 0 Å². The van der Waals surface area contributed by atoms with Crippen molar-refractivity contribution in [3.63, 3.8) is 0 Å². The Morgan fingerprint density at radius 2 is 1.57 bits per heavy atom. The SMILES string of the molecule is COc1c(Cl)cc(/C(O)=C2\C(=O)C(=O)N(c3ccc(S(N)(=O)=O)cc3)C2c2ccccc2)cc1Cl. The summed E-state index contributed by atoms with van der Waals surface area (Å²) in [6.45, 7) is 0. The quantitative estimate of drug-likeness (QED) is 0.287. The van der Waals surface area contributed by atoms with Crippen molar-refractivity contribution in [1.29, 1.82) is 0 Å². The van der Waals surface area contributed by atoms with E-state index in [-0.39, 0.29) is 37.5 Å². The highest BCUT2D eigenvalue weighted by atomic mass is 35.5. The maximum atomic E-state index is 13.2. The van der Waals surface area contributed by atoms with Crippen LogP contribution in [0.25, 0.3) is 5.76 Å². The molecule has 1 aliphatic heterocycles. The van der Waals surface area contributed by atoms with Crippen LogP contribution in [-0.4, -0.2) is 32.3 Å². The summed E-state index contributed by atoms with van der Waals surface area (Å²) in [6, 6.07) is 15.5. The number of carbonyl (C=O) groups excluding carboxylic acids is 2. The molecule has 1 saturated heterocycles. The van der Waals surface area contributed by atoms with Crippen LogP contribution in [-0.2, 0) is 19.6 Å². The van der Waals surface area contributed by atoms with Gasteiger partial charge in [-0.2, -0.15) is 0 Å². The number of sulfonamides is 1. The van der Waals surface area contributed by atoms with Crippen molar-refractivity contribution in [2.24, 2.45) is 5.14 Å². The summed E-state index contributed by atoms with van der Waals surface area (Å²) in [4.78, 5) is 27.4. The van der Waals surface area contributed by atoms with Crippen molar-refractivity contribution in [3.05, 3.63) is 93.5 Å². The van der Waals surface area contributed by atoms with E-state index in [1.807, 2.05) is 0 Å². The average molecular weight is 533 g/mol. The summed E-state index contributed by atoms with van der Waals surface area (Å²) in [7, 11) is -2.58. The molecule has 1 unspecified atom stereocenters. The predicted octanol–water partition coefficient (Wildman–Crippen LogP) is 4.28. The minimum atomic E-state index is -3.96. The van der Waals surface area contributed by atoms with Crippen LogP contribution in [0.1, 0.15) is 17.2 Å². The third-order valence-electron chi connectivity index (χ3n) is 5.48. The lowest BCUT2D eigenvalue weighted by molar-refractivity contribution is -0.132. The number of anilines is 1. The molecule has 8 nitrogen and oxygen atoms in total. The van der Waals surface area contributed by atoms with Gasteiger partial charge in [0.25, 0.3) is 11.7 Å². The van der Waals surface area contributed by atoms with Crippen LogP contribution >= 0.6 is 23.2 Å². The summed E-state index contributed by atoms with van der Waals surface area (Å²) in [5.41, 5.74) is 0.700. The number of methoxy groups -OCH3 is 1. The van der Waals surface area contributed by atoms with E-state index in [2.05, 4.69) is 0 Å². The number of nitrogens with zero attached hydrogens (tertiary/aromatic N) is 1. The van der Waals surface area contributed by atoms with Crippen molar-refractivity contribution in [3.8, 4) is 5.75 Å². The number of amides is 1. The Kier molecular flexibility index (Phi) is 6.61. The number of ketones is 1. The lowest BCUT2D eigenvalue weighted by Gasteiger charge is -2.25. The molecule has 4 rings (SSSR count). The van der Waals surface area contributed by atoms with E-state index in [9.17, 15) is 23.1 Å². The van der Waals surface area contributed by atoms with Crippen LogP contribution in [0.5, 0.6) is 5.75 Å². The van der Waals surface area contributed by atoms with E-state index in [1.165, 1.54) is 48.4 Å². The highest BCUT2D eigenvalue weighted by molar-refractivity contribution is 7.89. The first-order valence-electron chi connectivity index (χ1n) is 10.1. The Labute approximate surface area is 211 Å². The smallest absolute Gasteiger partial charge is 0.300 e. The van der Waals surface area contributed by atoms with Crippen LogP contribution in [0.3, 0.4) is 0 Å². The Balaban J connectivity index is 1.93. The van der Waals surface area contributed by atoms with Crippen LogP contribution in [0.15, 0.2) is 77.2 Å². The Morgan fingerprint density at radius 1 is 1.00 bits per heavy atom. The van der Waals surface area contributed by atoms with Crippen LogP contribution in [0.2, 0.25) is 10.0 Å². The number of aliphatic hydroxyl groups is 1. The number of hydrogen-bond donors (Lipinski definition) is 2. The fourth-order valence-corrected chi connectivity index (χ4v) is 5.05. The molecule has 3 aromatic rings. The average Bonchev–Trinajstić information content (AvgIpc) is 3.09. The zero-order chi connectivity index (χ0) is 25.5. The standard InChI is InChI=1S/C24H18Cl2N2O6S/c1-34-23-17(25)11-14(12-18(23)26)21(29)19-20(13-5-3-2-4-6-13)28(24(31)22(19)30)15-7-9-16(10-8-15)35(27,32)33/h2-12,20,29H,1H3,(H2,27,32,33)/b21-19+. The van der Waals surface area contributed by atoms with E-state index in [0.29, 0.717) is 5.56 Å². The van der Waals surface area contributed by atoms with Gasteiger partial charge in [0.2, 0.25) is 10.0 Å². The topological polar surface area (TPSA) is 127 Å². The maximum absolute atomic E-state index is 13.2. The second kappa shape index (κ2) is 9.35. The zero-order valence-corrected chi connectivity index (χ0v) is 20.4. The molecule has 1 atom stereocenters. The second-order valence-corrected chi connectivity index (χ2v) is 9.97. The molecule has 0 radical (unpaired) electrons. The minimum Gasteiger partial charge on any atom is -0.507 e. The monoisotopic (exact) mass is 532 g/mol. The van der Waals surface area contributed by atoms with E-state index in [4.69, 9.17) is 33.1 Å². The fourth-order valence-electron chi connectivity index (χ4n) is 3.89. The normalized spacial score (nSPS) is 17.6. The van der Waals surface area contributed by atoms with E-state index < -0.39 is 33.5 Å². The number of hydrogen-bond acceptors (Lipinski definition) is 6. The van der Waals surface area contributed by atoms with Gasteiger partial charge in [0.05, 0.1) is 33.7 Å². The summed E-state index contributed by atoms with van der Waals surface area (Å²) in [6.07, 6.45) is 0. The number of primary sulfonamides is 1. The Bertz CT molecular complexity index is 1450. The minimum absolute atomic E-state index is 0.102. The number of rotatable bonds is 5. The van der Waals surface area contributed by atoms with Crippen molar-refractivity contribution in [2.45, 2.75) is 10.9 Å². The summed E-state index contributed by atoms with van der Waals surface area (Å²) in [5, 5.41) is 16.6. The molecule has 0 saturated carbocycles. The van der Waals surface area contributed by atoms with Crippen molar-refractivity contribution >= 4 is 56.4 Å². The lowest BCUT2D eigenvalue weighted by atomic mass is 9.95. The number of Topliss-reactive ketones (excluding diaryl/α,β-unsaturated/α-hetero) is 1. The molecule has 3 aromatic carbocycles. The molecule has 0 spiro atoms. The van der Waals surface area contributed by atoms with Gasteiger partial charge in [-0.15, -0.1) is 0 Å². The molecule has 0 bridgehead atoms. The predicted molar refractivity (Wildman–Crippen MR) is 132 cm³/mol. The first-order chi connectivity index (χ1) is 16.5. The number of ether oxygens (including phenoxy) is 1. The van der Waals surface area contributed by atoms with E-state index in [0.717, 1.165) is 0 Å². The number of nitrogens with two attached hydrogens (primary N) is 1. The molecule has 11 heteroatoms. The summed E-state index contributed by atoms with van der Waals surface area (Å²) < 4.78 is 28.4. The molecule has 1 heterocycles. The summed E-state index contributed by atoms with van der Waals surface area (Å²) in [5.74, 6) is -2.13. The van der Waals surface area contributed by atoms with Gasteiger partial charge in [-0.05, 0) is 42.0 Å². The van der Waals surface area contributed by atoms with Gasteiger partial charge in [0.15, 0.2) is 5.75 Å². The molecular weight excluding hydrogens is 515 g/mol. The molecular formula is C24H18Cl2N2O6S. The second-order valence-electron chi connectivity index (χ2n) is 7.59. The number of aliphatic hydroxyl groups excluding tert-OH is 1. The molecule has 3 N–H and O–H groups in total. The van der Waals surface area contributed by atoms with E-state index in [1.54, 1.807) is 30.3 Å². The Hall–Kier alpha value is -3.37.